The van der Waals surface area contributed by atoms with Crippen molar-refractivity contribution in [2.45, 2.75) is 33.2 Å². The lowest BCUT2D eigenvalue weighted by atomic mass is 10.2. The highest BCUT2D eigenvalue weighted by molar-refractivity contribution is 7.11. The van der Waals surface area contributed by atoms with Gasteiger partial charge in [-0.1, -0.05) is 19.9 Å². The third kappa shape index (κ3) is 3.37. The maximum Gasteiger partial charge on any atom is 0.0991 e. The molecule has 2 aromatic rings. The molecule has 0 saturated heterocycles. The average molecular weight is 261 g/mol. The van der Waals surface area contributed by atoms with Gasteiger partial charge in [0.2, 0.25) is 0 Å². The lowest BCUT2D eigenvalue weighted by Gasteiger charge is -1.99. The molecule has 0 saturated carbocycles. The summed E-state index contributed by atoms with van der Waals surface area (Å²) in [7, 11) is 0. The molecule has 0 spiro atoms. The van der Waals surface area contributed by atoms with E-state index in [4.69, 9.17) is 4.98 Å². The van der Waals surface area contributed by atoms with E-state index in [1.54, 1.807) is 11.3 Å². The Bertz CT molecular complexity index is 479. The van der Waals surface area contributed by atoms with Gasteiger partial charge in [0.25, 0.3) is 0 Å². The van der Waals surface area contributed by atoms with Crippen LogP contribution in [-0.4, -0.2) is 16.5 Å². The van der Waals surface area contributed by atoms with E-state index >= 15 is 0 Å². The van der Waals surface area contributed by atoms with Crippen molar-refractivity contribution < 1.29 is 0 Å². The molecule has 0 aromatic carbocycles. The molecule has 96 valence electrons. The second-order valence-electron chi connectivity index (χ2n) is 4.11. The maximum atomic E-state index is 4.72. The van der Waals surface area contributed by atoms with Crippen molar-refractivity contribution in [3.05, 3.63) is 45.7 Å². The van der Waals surface area contributed by atoms with E-state index in [-0.39, 0.29) is 0 Å². The van der Waals surface area contributed by atoms with Crippen LogP contribution in [0.25, 0.3) is 0 Å². The third-order valence-electron chi connectivity index (χ3n) is 2.75. The fraction of sp³-hybridized carbons (Fsp3) is 0.429. The molecule has 4 heteroatoms. The summed E-state index contributed by atoms with van der Waals surface area (Å²) >= 11 is 1.81. The molecule has 1 N–H and O–H groups in total. The lowest BCUT2D eigenvalue weighted by molar-refractivity contribution is 0.727. The average Bonchev–Trinajstić information content (AvgIpc) is 2.79. The molecule has 0 unspecified atom stereocenters. The Morgan fingerprint density at radius 2 is 2.17 bits per heavy atom. The van der Waals surface area contributed by atoms with Crippen LogP contribution in [0.2, 0.25) is 0 Å². The lowest BCUT2D eigenvalue weighted by Crippen LogP contribution is -2.11. The number of hydrogen-bond donors (Lipinski definition) is 1. The van der Waals surface area contributed by atoms with Crippen molar-refractivity contribution in [1.82, 2.24) is 15.3 Å². The van der Waals surface area contributed by atoms with Crippen LogP contribution < -0.4 is 5.32 Å². The molecule has 2 rings (SSSR count). The molecule has 0 aliphatic rings. The van der Waals surface area contributed by atoms with Gasteiger partial charge in [0.05, 0.1) is 10.7 Å². The summed E-state index contributed by atoms with van der Waals surface area (Å²) in [6, 6.07) is 6.02. The molecule has 0 atom stereocenters. The highest BCUT2D eigenvalue weighted by Gasteiger charge is 2.10. The van der Waals surface area contributed by atoms with E-state index in [0.29, 0.717) is 0 Å². The van der Waals surface area contributed by atoms with Crippen LogP contribution >= 0.6 is 11.3 Å². The fourth-order valence-electron chi connectivity index (χ4n) is 1.82. The van der Waals surface area contributed by atoms with Gasteiger partial charge < -0.3 is 5.32 Å². The Balaban J connectivity index is 2.11. The van der Waals surface area contributed by atoms with Crippen LogP contribution in [0.15, 0.2) is 24.4 Å². The molecule has 0 aliphatic heterocycles. The number of nitrogens with zero attached hydrogens (tertiary/aromatic N) is 2. The number of hydrogen-bond acceptors (Lipinski definition) is 4. The van der Waals surface area contributed by atoms with Gasteiger partial charge in [0, 0.05) is 29.7 Å². The molecular formula is C14H19N3S. The summed E-state index contributed by atoms with van der Waals surface area (Å²) in [6.45, 7) is 6.21. The first-order valence-electron chi connectivity index (χ1n) is 6.41. The van der Waals surface area contributed by atoms with Crippen LogP contribution in [0.4, 0.5) is 0 Å². The first-order valence-corrected chi connectivity index (χ1v) is 7.23. The Morgan fingerprint density at radius 1 is 1.28 bits per heavy atom. The minimum Gasteiger partial charge on any atom is -0.312 e. The van der Waals surface area contributed by atoms with Crippen LogP contribution in [0, 0.1) is 0 Å². The highest BCUT2D eigenvalue weighted by Crippen LogP contribution is 2.21. The molecule has 3 nitrogen and oxygen atoms in total. The number of thiazole rings is 1. The molecular weight excluding hydrogens is 242 g/mol. The summed E-state index contributed by atoms with van der Waals surface area (Å²) in [5.74, 6) is 0. The largest absolute Gasteiger partial charge is 0.312 e. The smallest absolute Gasteiger partial charge is 0.0991 e. The first-order chi connectivity index (χ1) is 8.83. The standard InChI is InChI=1S/C14H19N3S/c1-3-12-13(10-15-4-2)18-14(17-12)9-11-7-5-6-8-16-11/h5-8,15H,3-4,9-10H2,1-2H3. The van der Waals surface area contributed by atoms with Crippen molar-refractivity contribution in [2.75, 3.05) is 6.54 Å². The second-order valence-corrected chi connectivity index (χ2v) is 5.28. The van der Waals surface area contributed by atoms with E-state index < -0.39 is 0 Å². The van der Waals surface area contributed by atoms with Crippen molar-refractivity contribution >= 4 is 11.3 Å². The molecule has 2 heterocycles. The zero-order valence-electron chi connectivity index (χ0n) is 10.9. The summed E-state index contributed by atoms with van der Waals surface area (Å²) in [4.78, 5) is 10.4. The van der Waals surface area contributed by atoms with Gasteiger partial charge in [-0.3, -0.25) is 4.98 Å². The Labute approximate surface area is 112 Å². The predicted octanol–water partition coefficient (Wildman–Crippen LogP) is 2.80. The monoisotopic (exact) mass is 261 g/mol. The van der Waals surface area contributed by atoms with Crippen LogP contribution in [0.3, 0.4) is 0 Å². The van der Waals surface area contributed by atoms with E-state index in [1.807, 2.05) is 18.3 Å². The SMILES string of the molecule is CCNCc1sc(Cc2ccccn2)nc1CC. The maximum absolute atomic E-state index is 4.72. The minimum atomic E-state index is 0.838. The Morgan fingerprint density at radius 3 is 2.83 bits per heavy atom. The van der Waals surface area contributed by atoms with Crippen LogP contribution in [-0.2, 0) is 19.4 Å². The van der Waals surface area contributed by atoms with E-state index in [0.717, 1.165) is 31.6 Å². The molecule has 0 bridgehead atoms. The Kier molecular flexibility index (Phi) is 4.84. The Hall–Kier alpha value is -1.26. The summed E-state index contributed by atoms with van der Waals surface area (Å²) in [5.41, 5.74) is 2.32. The number of aromatic nitrogens is 2. The quantitative estimate of drug-likeness (QED) is 0.869. The molecule has 0 radical (unpaired) electrons. The van der Waals surface area contributed by atoms with Gasteiger partial charge in [-0.05, 0) is 25.1 Å². The van der Waals surface area contributed by atoms with Gasteiger partial charge >= 0.3 is 0 Å². The van der Waals surface area contributed by atoms with Crippen molar-refractivity contribution in [3.63, 3.8) is 0 Å². The van der Waals surface area contributed by atoms with Gasteiger partial charge in [-0.25, -0.2) is 4.98 Å². The predicted molar refractivity (Wildman–Crippen MR) is 75.9 cm³/mol. The first kappa shape index (κ1) is 13.2. The topological polar surface area (TPSA) is 37.8 Å². The van der Waals surface area contributed by atoms with Crippen LogP contribution in [0.1, 0.15) is 35.1 Å². The van der Waals surface area contributed by atoms with E-state index in [2.05, 4.69) is 30.2 Å². The number of nitrogens with one attached hydrogen (secondary N) is 1. The molecule has 0 amide bonds. The molecule has 2 aromatic heterocycles. The zero-order valence-corrected chi connectivity index (χ0v) is 11.8. The van der Waals surface area contributed by atoms with Crippen molar-refractivity contribution in [1.29, 1.82) is 0 Å². The zero-order chi connectivity index (χ0) is 12.8. The van der Waals surface area contributed by atoms with Crippen molar-refractivity contribution in [3.8, 4) is 0 Å². The van der Waals surface area contributed by atoms with Gasteiger partial charge in [-0.15, -0.1) is 11.3 Å². The number of rotatable bonds is 6. The minimum absolute atomic E-state index is 0.838. The normalized spacial score (nSPS) is 10.8. The highest BCUT2D eigenvalue weighted by atomic mass is 32.1. The summed E-state index contributed by atoms with van der Waals surface area (Å²) in [5, 5.41) is 4.54. The van der Waals surface area contributed by atoms with Gasteiger partial charge in [-0.2, -0.15) is 0 Å². The van der Waals surface area contributed by atoms with E-state index in [9.17, 15) is 0 Å². The molecule has 0 fully saturated rings. The van der Waals surface area contributed by atoms with Crippen LogP contribution in [0.5, 0.6) is 0 Å². The number of aryl methyl sites for hydroxylation is 1. The van der Waals surface area contributed by atoms with Gasteiger partial charge in [0.15, 0.2) is 0 Å². The van der Waals surface area contributed by atoms with Crippen molar-refractivity contribution in [2.24, 2.45) is 0 Å². The molecule has 0 aliphatic carbocycles. The number of pyridine rings is 1. The summed E-state index contributed by atoms with van der Waals surface area (Å²) in [6.07, 6.45) is 3.67. The third-order valence-corrected chi connectivity index (χ3v) is 3.85. The van der Waals surface area contributed by atoms with Gasteiger partial charge in [0.1, 0.15) is 0 Å². The molecule has 18 heavy (non-hydrogen) atoms. The summed E-state index contributed by atoms with van der Waals surface area (Å²) < 4.78 is 0. The fourth-order valence-corrected chi connectivity index (χ4v) is 2.97. The van der Waals surface area contributed by atoms with E-state index in [1.165, 1.54) is 15.6 Å². The second kappa shape index (κ2) is 6.61.